The first-order valence-electron chi connectivity index (χ1n) is 5.26. The largest absolute Gasteiger partial charge is 0.346 e. The fraction of sp³-hybridized carbons (Fsp3) is 0.417. The Balaban J connectivity index is 2.98. The Morgan fingerprint density at radius 3 is 2.65 bits per heavy atom. The van der Waals surface area contributed by atoms with Crippen LogP contribution in [0.25, 0.3) is 0 Å². The van der Waals surface area contributed by atoms with Gasteiger partial charge >= 0.3 is 0 Å². The van der Waals surface area contributed by atoms with Gasteiger partial charge in [0.15, 0.2) is 0 Å². The molecular weight excluding hydrogens is 264 g/mol. The molecule has 0 heterocycles. The molecule has 0 radical (unpaired) electrons. The molecule has 0 saturated carbocycles. The van der Waals surface area contributed by atoms with Gasteiger partial charge in [-0.05, 0) is 25.5 Å². The lowest BCUT2D eigenvalue weighted by Crippen LogP contribution is -2.47. The number of carbonyl (C=O) groups excluding carboxylic acids is 1. The molecule has 0 aromatic heterocycles. The van der Waals surface area contributed by atoms with Crippen molar-refractivity contribution in [1.82, 2.24) is 5.32 Å². The smallest absolute Gasteiger partial charge is 0.256 e. The molecule has 0 aliphatic heterocycles. The minimum absolute atomic E-state index is 0.0931. The zero-order valence-electron chi connectivity index (χ0n) is 9.69. The lowest BCUT2D eigenvalue weighted by molar-refractivity contribution is 0.0908. The summed E-state index contributed by atoms with van der Waals surface area (Å²) in [6, 6.07) is 4.13. The molecule has 1 aromatic carbocycles. The van der Waals surface area contributed by atoms with Gasteiger partial charge in [-0.1, -0.05) is 24.6 Å². The van der Waals surface area contributed by atoms with E-state index in [4.69, 9.17) is 23.2 Å². The van der Waals surface area contributed by atoms with Gasteiger partial charge in [0.1, 0.15) is 5.82 Å². The van der Waals surface area contributed by atoms with Crippen LogP contribution in [0.4, 0.5) is 4.39 Å². The van der Waals surface area contributed by atoms with E-state index < -0.39 is 17.3 Å². The van der Waals surface area contributed by atoms with Gasteiger partial charge < -0.3 is 5.32 Å². The third-order valence-electron chi connectivity index (χ3n) is 2.68. The standard InChI is InChI=1S/C12H14Cl2FNO/c1-3-12(2,7-13)16-11(17)10-8(14)5-4-6-9(10)15/h4-6H,3,7H2,1-2H3,(H,16,17). The van der Waals surface area contributed by atoms with Crippen LogP contribution in [-0.2, 0) is 0 Å². The summed E-state index contributed by atoms with van der Waals surface area (Å²) in [5.74, 6) is -0.928. The van der Waals surface area contributed by atoms with Crippen molar-refractivity contribution >= 4 is 29.1 Å². The Morgan fingerprint density at radius 2 is 2.18 bits per heavy atom. The third-order valence-corrected chi connectivity index (χ3v) is 3.59. The SMILES string of the molecule is CCC(C)(CCl)NC(=O)c1c(F)cccc1Cl. The minimum Gasteiger partial charge on any atom is -0.346 e. The van der Waals surface area contributed by atoms with Crippen LogP contribution in [-0.4, -0.2) is 17.3 Å². The van der Waals surface area contributed by atoms with Gasteiger partial charge in [-0.3, -0.25) is 4.79 Å². The third kappa shape index (κ3) is 3.33. The van der Waals surface area contributed by atoms with Crippen LogP contribution in [0.1, 0.15) is 30.6 Å². The summed E-state index contributed by atoms with van der Waals surface area (Å²) in [5, 5.41) is 2.79. The van der Waals surface area contributed by atoms with E-state index in [1.165, 1.54) is 18.2 Å². The number of hydrogen-bond donors (Lipinski definition) is 1. The normalized spacial score (nSPS) is 14.2. The summed E-state index contributed by atoms with van der Waals surface area (Å²) in [6.07, 6.45) is 0.647. The second-order valence-electron chi connectivity index (χ2n) is 4.10. The zero-order chi connectivity index (χ0) is 13.1. The summed E-state index contributed by atoms with van der Waals surface area (Å²) < 4.78 is 13.5. The van der Waals surface area contributed by atoms with Gasteiger partial charge in [0.05, 0.1) is 16.1 Å². The van der Waals surface area contributed by atoms with E-state index >= 15 is 0 Å². The van der Waals surface area contributed by atoms with Crippen molar-refractivity contribution in [2.45, 2.75) is 25.8 Å². The number of carbonyl (C=O) groups is 1. The van der Waals surface area contributed by atoms with E-state index in [9.17, 15) is 9.18 Å². The second kappa shape index (κ2) is 5.69. The molecule has 0 saturated heterocycles. The van der Waals surface area contributed by atoms with E-state index in [0.717, 1.165) is 0 Å². The summed E-state index contributed by atoms with van der Waals surface area (Å²) in [5.41, 5.74) is -0.705. The predicted octanol–water partition coefficient (Wildman–Crippen LogP) is 3.62. The maximum absolute atomic E-state index is 13.5. The molecule has 0 fully saturated rings. The molecule has 1 aromatic rings. The van der Waals surface area contributed by atoms with Gasteiger partial charge in [0.2, 0.25) is 0 Å². The summed E-state index contributed by atoms with van der Waals surface area (Å²) in [4.78, 5) is 11.9. The van der Waals surface area contributed by atoms with Crippen LogP contribution in [0.2, 0.25) is 5.02 Å². The topological polar surface area (TPSA) is 29.1 Å². The average Bonchev–Trinajstić information content (AvgIpc) is 2.28. The van der Waals surface area contributed by atoms with E-state index in [2.05, 4.69) is 5.32 Å². The highest BCUT2D eigenvalue weighted by Gasteiger charge is 2.26. The number of hydrogen-bond acceptors (Lipinski definition) is 1. The van der Waals surface area contributed by atoms with Crippen LogP contribution in [0.3, 0.4) is 0 Å². The molecule has 0 aliphatic carbocycles. The van der Waals surface area contributed by atoms with Crippen molar-refractivity contribution in [2.75, 3.05) is 5.88 Å². The number of benzene rings is 1. The second-order valence-corrected chi connectivity index (χ2v) is 4.77. The Hall–Kier alpha value is -0.800. The predicted molar refractivity (Wildman–Crippen MR) is 68.3 cm³/mol. The first kappa shape index (κ1) is 14.3. The molecule has 1 N–H and O–H groups in total. The summed E-state index contributed by atoms with van der Waals surface area (Å²) >= 11 is 11.6. The molecule has 5 heteroatoms. The van der Waals surface area contributed by atoms with Crippen LogP contribution in [0, 0.1) is 5.82 Å². The Bertz CT molecular complexity index is 399. The van der Waals surface area contributed by atoms with E-state index in [1.807, 2.05) is 6.92 Å². The number of nitrogens with one attached hydrogen (secondary N) is 1. The van der Waals surface area contributed by atoms with Crippen molar-refractivity contribution in [2.24, 2.45) is 0 Å². The number of rotatable bonds is 4. The van der Waals surface area contributed by atoms with Crippen LogP contribution in [0.15, 0.2) is 18.2 Å². The number of halogens is 3. The van der Waals surface area contributed by atoms with Crippen LogP contribution in [0.5, 0.6) is 0 Å². The average molecular weight is 278 g/mol. The maximum Gasteiger partial charge on any atom is 0.256 e. The minimum atomic E-state index is -0.636. The lowest BCUT2D eigenvalue weighted by Gasteiger charge is -2.27. The van der Waals surface area contributed by atoms with Gasteiger partial charge in [-0.15, -0.1) is 11.6 Å². The Labute approximate surface area is 110 Å². The highest BCUT2D eigenvalue weighted by molar-refractivity contribution is 6.33. The monoisotopic (exact) mass is 277 g/mol. The molecule has 1 atom stereocenters. The van der Waals surface area contributed by atoms with Crippen molar-refractivity contribution in [1.29, 1.82) is 0 Å². The molecule has 1 unspecified atom stereocenters. The first-order valence-corrected chi connectivity index (χ1v) is 6.17. The first-order chi connectivity index (χ1) is 7.93. The number of alkyl halides is 1. The van der Waals surface area contributed by atoms with E-state index in [-0.39, 0.29) is 16.5 Å². The highest BCUT2D eigenvalue weighted by atomic mass is 35.5. The van der Waals surface area contributed by atoms with Gasteiger partial charge in [0.25, 0.3) is 5.91 Å². The fourth-order valence-electron chi connectivity index (χ4n) is 1.27. The molecule has 17 heavy (non-hydrogen) atoms. The van der Waals surface area contributed by atoms with Crippen molar-refractivity contribution in [3.8, 4) is 0 Å². The van der Waals surface area contributed by atoms with Crippen molar-refractivity contribution in [3.63, 3.8) is 0 Å². The maximum atomic E-state index is 13.5. The van der Waals surface area contributed by atoms with Crippen LogP contribution >= 0.6 is 23.2 Å². The molecule has 94 valence electrons. The molecule has 1 amide bonds. The van der Waals surface area contributed by atoms with Crippen LogP contribution < -0.4 is 5.32 Å². The molecule has 0 bridgehead atoms. The quantitative estimate of drug-likeness (QED) is 0.837. The molecule has 2 nitrogen and oxygen atoms in total. The Morgan fingerprint density at radius 1 is 1.53 bits per heavy atom. The van der Waals surface area contributed by atoms with E-state index in [0.29, 0.717) is 6.42 Å². The molecular formula is C12H14Cl2FNO. The molecule has 0 spiro atoms. The van der Waals surface area contributed by atoms with Gasteiger partial charge in [-0.2, -0.15) is 0 Å². The number of amides is 1. The zero-order valence-corrected chi connectivity index (χ0v) is 11.2. The highest BCUT2D eigenvalue weighted by Crippen LogP contribution is 2.20. The lowest BCUT2D eigenvalue weighted by atomic mass is 10.0. The molecule has 0 aliphatic rings. The molecule has 1 rings (SSSR count). The summed E-state index contributed by atoms with van der Waals surface area (Å²) in [7, 11) is 0. The van der Waals surface area contributed by atoms with Crippen molar-refractivity contribution < 1.29 is 9.18 Å². The van der Waals surface area contributed by atoms with Crippen molar-refractivity contribution in [3.05, 3.63) is 34.6 Å². The van der Waals surface area contributed by atoms with Gasteiger partial charge in [-0.25, -0.2) is 4.39 Å². The summed E-state index contributed by atoms with van der Waals surface area (Å²) in [6.45, 7) is 3.69. The Kier molecular flexibility index (Phi) is 4.78. The fourth-order valence-corrected chi connectivity index (χ4v) is 1.77. The van der Waals surface area contributed by atoms with Gasteiger partial charge in [0, 0.05) is 5.88 Å². The van der Waals surface area contributed by atoms with E-state index in [1.54, 1.807) is 6.92 Å².